The minimum absolute atomic E-state index is 0.0367. The lowest BCUT2D eigenvalue weighted by Crippen LogP contribution is -2.38. The van der Waals surface area contributed by atoms with Gasteiger partial charge in [-0.3, -0.25) is 4.79 Å². The van der Waals surface area contributed by atoms with E-state index in [1.807, 2.05) is 18.2 Å². The van der Waals surface area contributed by atoms with Crippen LogP contribution < -0.4 is 9.64 Å². The second-order valence-electron chi connectivity index (χ2n) is 5.54. The standard InChI is InChI=1S/C16H17NO3/c1-16(10-19-11-16)7-5-12-3-4-14-13(9-12)17(2)15(18)6-8-20-14/h3-4,9H,6,8,10-11H2,1-2H3. The number of hydrogen-bond acceptors (Lipinski definition) is 3. The van der Waals surface area contributed by atoms with Crippen LogP contribution in [0.25, 0.3) is 0 Å². The van der Waals surface area contributed by atoms with E-state index in [0.717, 1.165) is 17.0 Å². The van der Waals surface area contributed by atoms with E-state index in [-0.39, 0.29) is 11.3 Å². The second kappa shape index (κ2) is 4.84. The van der Waals surface area contributed by atoms with Gasteiger partial charge < -0.3 is 14.4 Å². The molecule has 0 N–H and O–H groups in total. The van der Waals surface area contributed by atoms with Gasteiger partial charge in [-0.25, -0.2) is 0 Å². The maximum atomic E-state index is 11.9. The third kappa shape index (κ3) is 2.37. The molecule has 3 rings (SSSR count). The molecule has 0 atom stereocenters. The van der Waals surface area contributed by atoms with Gasteiger partial charge in [-0.2, -0.15) is 0 Å². The van der Waals surface area contributed by atoms with Crippen molar-refractivity contribution < 1.29 is 14.3 Å². The quantitative estimate of drug-likeness (QED) is 0.676. The van der Waals surface area contributed by atoms with Gasteiger partial charge >= 0.3 is 0 Å². The average Bonchev–Trinajstić information content (AvgIpc) is 2.55. The lowest BCUT2D eigenvalue weighted by molar-refractivity contribution is -0.118. The Morgan fingerprint density at radius 3 is 2.85 bits per heavy atom. The number of carbonyl (C=O) groups is 1. The molecule has 20 heavy (non-hydrogen) atoms. The molecule has 0 radical (unpaired) electrons. The number of ether oxygens (including phenoxy) is 2. The molecule has 4 heteroatoms. The van der Waals surface area contributed by atoms with Crippen molar-refractivity contribution in [1.82, 2.24) is 0 Å². The summed E-state index contributed by atoms with van der Waals surface area (Å²) in [6, 6.07) is 5.72. The van der Waals surface area contributed by atoms with Crippen molar-refractivity contribution in [3.8, 4) is 17.6 Å². The third-order valence-corrected chi connectivity index (χ3v) is 3.62. The van der Waals surface area contributed by atoms with Crippen LogP contribution in [0.4, 0.5) is 5.69 Å². The van der Waals surface area contributed by atoms with Gasteiger partial charge in [0.2, 0.25) is 5.91 Å². The summed E-state index contributed by atoms with van der Waals surface area (Å²) >= 11 is 0. The first kappa shape index (κ1) is 13.0. The average molecular weight is 271 g/mol. The molecule has 1 aromatic rings. The Labute approximate surface area is 118 Å². The van der Waals surface area contributed by atoms with E-state index in [4.69, 9.17) is 9.47 Å². The van der Waals surface area contributed by atoms with Crippen molar-refractivity contribution in [1.29, 1.82) is 0 Å². The molecule has 0 saturated carbocycles. The second-order valence-corrected chi connectivity index (χ2v) is 5.54. The Morgan fingerprint density at radius 1 is 1.35 bits per heavy atom. The van der Waals surface area contributed by atoms with Gasteiger partial charge in [0.1, 0.15) is 5.75 Å². The fourth-order valence-corrected chi connectivity index (χ4v) is 2.23. The van der Waals surface area contributed by atoms with Crippen molar-refractivity contribution >= 4 is 11.6 Å². The summed E-state index contributed by atoms with van der Waals surface area (Å²) in [6.07, 6.45) is 0.404. The molecule has 2 aliphatic rings. The molecular weight excluding hydrogens is 254 g/mol. The van der Waals surface area contributed by atoms with Crippen LogP contribution in [-0.4, -0.2) is 32.8 Å². The van der Waals surface area contributed by atoms with Gasteiger partial charge in [-0.15, -0.1) is 0 Å². The Kier molecular flexibility index (Phi) is 3.15. The number of fused-ring (bicyclic) bond motifs is 1. The molecule has 0 aromatic heterocycles. The predicted octanol–water partition coefficient (Wildman–Crippen LogP) is 1.82. The van der Waals surface area contributed by atoms with Crippen LogP contribution in [-0.2, 0) is 9.53 Å². The summed E-state index contributed by atoms with van der Waals surface area (Å²) in [7, 11) is 1.77. The van der Waals surface area contributed by atoms with Crippen LogP contribution in [0.2, 0.25) is 0 Å². The van der Waals surface area contributed by atoms with Crippen LogP contribution in [0, 0.1) is 17.3 Å². The Balaban J connectivity index is 1.91. The number of amides is 1. The third-order valence-electron chi connectivity index (χ3n) is 3.62. The highest BCUT2D eigenvalue weighted by Crippen LogP contribution is 2.31. The molecule has 2 aliphatic heterocycles. The van der Waals surface area contributed by atoms with Crippen molar-refractivity contribution in [3.63, 3.8) is 0 Å². The van der Waals surface area contributed by atoms with Crippen molar-refractivity contribution in [2.45, 2.75) is 13.3 Å². The van der Waals surface area contributed by atoms with E-state index in [2.05, 4.69) is 18.8 Å². The highest BCUT2D eigenvalue weighted by atomic mass is 16.5. The molecule has 2 heterocycles. The lowest BCUT2D eigenvalue weighted by atomic mass is 9.89. The van der Waals surface area contributed by atoms with Crippen LogP contribution in [0.15, 0.2) is 18.2 Å². The number of nitrogens with zero attached hydrogens (tertiary/aromatic N) is 1. The molecular formula is C16H17NO3. The summed E-state index contributed by atoms with van der Waals surface area (Å²) < 4.78 is 10.8. The summed E-state index contributed by atoms with van der Waals surface area (Å²) in [6.45, 7) is 3.89. The fraction of sp³-hybridized carbons (Fsp3) is 0.438. The number of benzene rings is 1. The zero-order valence-electron chi connectivity index (χ0n) is 11.7. The largest absolute Gasteiger partial charge is 0.491 e. The lowest BCUT2D eigenvalue weighted by Gasteiger charge is -2.32. The van der Waals surface area contributed by atoms with E-state index >= 15 is 0 Å². The van der Waals surface area contributed by atoms with Gasteiger partial charge in [0.25, 0.3) is 0 Å². The molecule has 1 fully saturated rings. The van der Waals surface area contributed by atoms with E-state index in [1.165, 1.54) is 0 Å². The van der Waals surface area contributed by atoms with Crippen LogP contribution in [0.1, 0.15) is 18.9 Å². The maximum absolute atomic E-state index is 11.9. The van der Waals surface area contributed by atoms with Crippen LogP contribution >= 0.6 is 0 Å². The van der Waals surface area contributed by atoms with E-state index in [1.54, 1.807) is 11.9 Å². The minimum Gasteiger partial charge on any atom is -0.491 e. The first-order valence-corrected chi connectivity index (χ1v) is 6.72. The fourth-order valence-electron chi connectivity index (χ4n) is 2.23. The minimum atomic E-state index is -0.0367. The molecule has 1 amide bonds. The molecule has 0 aliphatic carbocycles. The van der Waals surface area contributed by atoms with Crippen LogP contribution in [0.5, 0.6) is 5.75 Å². The van der Waals surface area contributed by atoms with Gasteiger partial charge in [-0.05, 0) is 25.1 Å². The Hall–Kier alpha value is -1.99. The summed E-state index contributed by atoms with van der Waals surface area (Å²) in [5.41, 5.74) is 1.64. The zero-order chi connectivity index (χ0) is 14.2. The van der Waals surface area contributed by atoms with Crippen molar-refractivity contribution in [2.24, 2.45) is 5.41 Å². The smallest absolute Gasteiger partial charge is 0.230 e. The van der Waals surface area contributed by atoms with Gasteiger partial charge in [0.15, 0.2) is 0 Å². The predicted molar refractivity (Wildman–Crippen MR) is 75.8 cm³/mol. The first-order valence-electron chi connectivity index (χ1n) is 6.72. The number of anilines is 1. The summed E-state index contributed by atoms with van der Waals surface area (Å²) in [4.78, 5) is 13.5. The SMILES string of the molecule is CN1C(=O)CCOc2ccc(C#CC3(C)COC3)cc21. The van der Waals surface area contributed by atoms with E-state index in [9.17, 15) is 4.79 Å². The summed E-state index contributed by atoms with van der Waals surface area (Å²) in [5, 5.41) is 0. The zero-order valence-corrected chi connectivity index (χ0v) is 11.7. The topological polar surface area (TPSA) is 38.8 Å². The molecule has 0 spiro atoms. The van der Waals surface area contributed by atoms with E-state index < -0.39 is 0 Å². The molecule has 1 aromatic carbocycles. The van der Waals surface area contributed by atoms with Gasteiger partial charge in [0, 0.05) is 12.6 Å². The van der Waals surface area contributed by atoms with Gasteiger partial charge in [-0.1, -0.05) is 11.8 Å². The normalized spacial score (nSPS) is 19.9. The number of hydrogen-bond donors (Lipinski definition) is 0. The Bertz CT molecular complexity index is 608. The molecule has 4 nitrogen and oxygen atoms in total. The van der Waals surface area contributed by atoms with Crippen molar-refractivity contribution in [2.75, 3.05) is 31.8 Å². The first-order chi connectivity index (χ1) is 9.57. The molecule has 0 bridgehead atoms. The van der Waals surface area contributed by atoms with Crippen molar-refractivity contribution in [3.05, 3.63) is 23.8 Å². The summed E-state index contributed by atoms with van der Waals surface area (Å²) in [5.74, 6) is 7.21. The van der Waals surface area contributed by atoms with E-state index in [0.29, 0.717) is 26.2 Å². The molecule has 104 valence electrons. The molecule has 1 saturated heterocycles. The highest BCUT2D eigenvalue weighted by Gasteiger charge is 2.31. The number of carbonyl (C=O) groups excluding carboxylic acids is 1. The Morgan fingerprint density at radius 2 is 2.15 bits per heavy atom. The highest BCUT2D eigenvalue weighted by molar-refractivity contribution is 5.95. The number of rotatable bonds is 0. The molecule has 0 unspecified atom stereocenters. The van der Waals surface area contributed by atoms with Crippen LogP contribution in [0.3, 0.4) is 0 Å². The van der Waals surface area contributed by atoms with Gasteiger partial charge in [0.05, 0.1) is 37.3 Å². The maximum Gasteiger partial charge on any atom is 0.230 e. The monoisotopic (exact) mass is 271 g/mol.